The maximum absolute atomic E-state index is 5.60. The summed E-state index contributed by atoms with van der Waals surface area (Å²) in [5, 5.41) is 0. The topological polar surface area (TPSA) is 18.5 Å². The van der Waals surface area contributed by atoms with Crippen molar-refractivity contribution in [3.63, 3.8) is 0 Å². The molecule has 1 fully saturated rings. The van der Waals surface area contributed by atoms with Crippen LogP contribution in [0.4, 0.5) is 0 Å². The number of fused-ring (bicyclic) bond motifs is 1. The number of allylic oxidation sites excluding steroid dienone is 1. The Kier molecular flexibility index (Phi) is 2.13. The van der Waals surface area contributed by atoms with Gasteiger partial charge >= 0.3 is 0 Å². The van der Waals surface area contributed by atoms with Gasteiger partial charge in [-0.3, -0.25) is 0 Å². The second-order valence-corrected chi connectivity index (χ2v) is 3.18. The van der Waals surface area contributed by atoms with E-state index in [2.05, 4.69) is 6.08 Å². The van der Waals surface area contributed by atoms with Gasteiger partial charge in [0.2, 0.25) is 0 Å². The maximum atomic E-state index is 5.60. The van der Waals surface area contributed by atoms with Crippen molar-refractivity contribution in [2.45, 2.75) is 37.9 Å². The summed E-state index contributed by atoms with van der Waals surface area (Å²) < 4.78 is 11.1. The zero-order chi connectivity index (χ0) is 7.52. The number of ether oxygens (including phenoxy) is 2. The molecule has 2 aliphatic heterocycles. The lowest BCUT2D eigenvalue weighted by atomic mass is 10.0. The molecule has 0 aliphatic carbocycles. The molecule has 0 N–H and O–H groups in total. The van der Waals surface area contributed by atoms with Crippen molar-refractivity contribution in [1.29, 1.82) is 0 Å². The van der Waals surface area contributed by atoms with Crippen molar-refractivity contribution < 1.29 is 9.47 Å². The first-order valence-corrected chi connectivity index (χ1v) is 4.39. The fraction of sp³-hybridized carbons (Fsp3) is 0.778. The van der Waals surface area contributed by atoms with E-state index in [0.717, 1.165) is 32.3 Å². The molecule has 0 aromatic heterocycles. The summed E-state index contributed by atoms with van der Waals surface area (Å²) in [6.45, 7) is 0.921. The highest BCUT2D eigenvalue weighted by Gasteiger charge is 2.26. The monoisotopic (exact) mass is 154 g/mol. The maximum Gasteiger partial charge on any atom is 0.124 e. The van der Waals surface area contributed by atoms with Gasteiger partial charge in [-0.1, -0.05) is 0 Å². The average molecular weight is 154 g/mol. The van der Waals surface area contributed by atoms with E-state index in [-0.39, 0.29) is 0 Å². The van der Waals surface area contributed by atoms with Crippen LogP contribution in [0.15, 0.2) is 12.3 Å². The number of hydrogen-bond donors (Lipinski definition) is 0. The Balaban J connectivity index is 1.98. The fourth-order valence-corrected chi connectivity index (χ4v) is 1.72. The van der Waals surface area contributed by atoms with Gasteiger partial charge in [0.05, 0.1) is 12.4 Å². The van der Waals surface area contributed by atoms with Crippen molar-refractivity contribution in [3.05, 3.63) is 12.3 Å². The van der Waals surface area contributed by atoms with Crippen LogP contribution in [-0.2, 0) is 9.47 Å². The molecule has 2 aliphatic rings. The van der Waals surface area contributed by atoms with Gasteiger partial charge in [0, 0.05) is 6.61 Å². The molecule has 0 spiro atoms. The molecule has 2 heteroatoms. The minimum atomic E-state index is 0.336. The van der Waals surface area contributed by atoms with Gasteiger partial charge in [-0.2, -0.15) is 0 Å². The van der Waals surface area contributed by atoms with Crippen molar-refractivity contribution in [2.24, 2.45) is 0 Å². The van der Waals surface area contributed by atoms with Crippen molar-refractivity contribution in [3.8, 4) is 0 Å². The summed E-state index contributed by atoms with van der Waals surface area (Å²) in [4.78, 5) is 0. The third kappa shape index (κ3) is 1.56. The lowest BCUT2D eigenvalue weighted by molar-refractivity contribution is -0.0773. The largest absolute Gasteiger partial charge is 0.496 e. The van der Waals surface area contributed by atoms with Gasteiger partial charge in [0.15, 0.2) is 0 Å². The van der Waals surface area contributed by atoms with Gasteiger partial charge in [-0.15, -0.1) is 0 Å². The van der Waals surface area contributed by atoms with Gasteiger partial charge < -0.3 is 9.47 Å². The second kappa shape index (κ2) is 3.26. The Morgan fingerprint density at radius 3 is 3.18 bits per heavy atom. The lowest BCUT2D eigenvalue weighted by Crippen LogP contribution is -2.34. The minimum Gasteiger partial charge on any atom is -0.496 e. The predicted octanol–water partition coefficient (Wildman–Crippen LogP) is 1.86. The standard InChI is InChI=1S/C9H14O2/c1-2-6-10-9-5-3-7-11-8(9)4-1/h2,6,8-9H,1,3-5,7H2/t8-,9?/m0/s1. The molecule has 2 heterocycles. The molecule has 2 nitrogen and oxygen atoms in total. The fourth-order valence-electron chi connectivity index (χ4n) is 1.72. The van der Waals surface area contributed by atoms with Gasteiger partial charge in [-0.25, -0.2) is 0 Å². The Labute approximate surface area is 67.2 Å². The van der Waals surface area contributed by atoms with Gasteiger partial charge in [-0.05, 0) is 31.8 Å². The highest BCUT2D eigenvalue weighted by atomic mass is 16.5. The quantitative estimate of drug-likeness (QED) is 0.530. The van der Waals surface area contributed by atoms with Crippen LogP contribution in [0.5, 0.6) is 0 Å². The van der Waals surface area contributed by atoms with E-state index in [4.69, 9.17) is 9.47 Å². The predicted molar refractivity (Wildman–Crippen MR) is 42.2 cm³/mol. The van der Waals surface area contributed by atoms with Crippen LogP contribution in [0.25, 0.3) is 0 Å². The Hall–Kier alpha value is -0.500. The third-order valence-electron chi connectivity index (χ3n) is 2.35. The van der Waals surface area contributed by atoms with Crippen LogP contribution in [-0.4, -0.2) is 18.8 Å². The first kappa shape index (κ1) is 7.17. The van der Waals surface area contributed by atoms with E-state index >= 15 is 0 Å². The van der Waals surface area contributed by atoms with Crippen LogP contribution >= 0.6 is 0 Å². The molecule has 0 aromatic carbocycles. The normalized spacial score (nSPS) is 37.1. The molecular formula is C9H14O2. The first-order valence-electron chi connectivity index (χ1n) is 4.39. The van der Waals surface area contributed by atoms with Crippen LogP contribution in [0.2, 0.25) is 0 Å². The molecular weight excluding hydrogens is 140 g/mol. The lowest BCUT2D eigenvalue weighted by Gasteiger charge is -2.29. The van der Waals surface area contributed by atoms with Crippen LogP contribution < -0.4 is 0 Å². The summed E-state index contributed by atoms with van der Waals surface area (Å²) in [5.74, 6) is 0. The van der Waals surface area contributed by atoms with Crippen LogP contribution in [0.3, 0.4) is 0 Å². The molecule has 2 rings (SSSR count). The summed E-state index contributed by atoms with van der Waals surface area (Å²) in [6, 6.07) is 0. The second-order valence-electron chi connectivity index (χ2n) is 3.18. The smallest absolute Gasteiger partial charge is 0.124 e. The summed E-state index contributed by atoms with van der Waals surface area (Å²) in [5.41, 5.74) is 0. The molecule has 62 valence electrons. The summed E-state index contributed by atoms with van der Waals surface area (Å²) in [6.07, 6.45) is 9.15. The zero-order valence-electron chi connectivity index (χ0n) is 6.66. The van der Waals surface area contributed by atoms with Crippen molar-refractivity contribution in [1.82, 2.24) is 0 Å². The minimum absolute atomic E-state index is 0.336. The first-order chi connectivity index (χ1) is 5.47. The molecule has 0 saturated carbocycles. The molecule has 1 unspecified atom stereocenters. The van der Waals surface area contributed by atoms with E-state index in [0.29, 0.717) is 12.2 Å². The SMILES string of the molecule is C1=COC2CCCO[C@H]2CC1. The van der Waals surface area contributed by atoms with Crippen LogP contribution in [0, 0.1) is 0 Å². The number of rotatable bonds is 0. The number of hydrogen-bond acceptors (Lipinski definition) is 2. The molecule has 2 atom stereocenters. The van der Waals surface area contributed by atoms with Crippen LogP contribution in [0.1, 0.15) is 25.7 Å². The summed E-state index contributed by atoms with van der Waals surface area (Å²) in [7, 11) is 0. The van der Waals surface area contributed by atoms with E-state index in [1.807, 2.05) is 6.26 Å². The Morgan fingerprint density at radius 1 is 1.18 bits per heavy atom. The molecule has 0 radical (unpaired) electrons. The Morgan fingerprint density at radius 2 is 2.18 bits per heavy atom. The van der Waals surface area contributed by atoms with E-state index in [9.17, 15) is 0 Å². The zero-order valence-corrected chi connectivity index (χ0v) is 6.66. The third-order valence-corrected chi connectivity index (χ3v) is 2.35. The molecule has 0 amide bonds. The van der Waals surface area contributed by atoms with E-state index < -0.39 is 0 Å². The molecule has 0 aromatic rings. The van der Waals surface area contributed by atoms with Crippen molar-refractivity contribution in [2.75, 3.05) is 6.61 Å². The van der Waals surface area contributed by atoms with E-state index in [1.165, 1.54) is 0 Å². The van der Waals surface area contributed by atoms with Gasteiger partial charge in [0.25, 0.3) is 0 Å². The van der Waals surface area contributed by atoms with Gasteiger partial charge in [0.1, 0.15) is 6.10 Å². The molecule has 11 heavy (non-hydrogen) atoms. The Bertz CT molecular complexity index is 154. The molecule has 0 bridgehead atoms. The molecule has 1 saturated heterocycles. The average Bonchev–Trinajstić information content (AvgIpc) is 2.28. The highest BCUT2D eigenvalue weighted by molar-refractivity contribution is 4.86. The summed E-state index contributed by atoms with van der Waals surface area (Å²) >= 11 is 0. The highest BCUT2D eigenvalue weighted by Crippen LogP contribution is 2.23. The van der Waals surface area contributed by atoms with E-state index in [1.54, 1.807) is 0 Å². The van der Waals surface area contributed by atoms with Crippen molar-refractivity contribution >= 4 is 0 Å².